The van der Waals surface area contributed by atoms with Crippen molar-refractivity contribution in [2.24, 2.45) is 5.92 Å². The van der Waals surface area contributed by atoms with Gasteiger partial charge in [-0.05, 0) is 61.2 Å². The Morgan fingerprint density at radius 1 is 0.966 bits per heavy atom. The predicted molar refractivity (Wildman–Crippen MR) is 114 cm³/mol. The van der Waals surface area contributed by atoms with Gasteiger partial charge < -0.3 is 5.32 Å². The minimum absolute atomic E-state index is 0.0196. The van der Waals surface area contributed by atoms with Crippen LogP contribution in [0.4, 0.5) is 10.1 Å². The Labute approximate surface area is 172 Å². The molecule has 0 radical (unpaired) electrons. The van der Waals surface area contributed by atoms with Crippen molar-refractivity contribution in [3.63, 3.8) is 0 Å². The maximum absolute atomic E-state index is 13.0. The lowest BCUT2D eigenvalue weighted by Gasteiger charge is -2.15. The molecule has 0 saturated carbocycles. The summed E-state index contributed by atoms with van der Waals surface area (Å²) < 4.78 is 40.1. The van der Waals surface area contributed by atoms with Gasteiger partial charge in [0.25, 0.3) is 10.0 Å². The fraction of sp³-hybridized carbons (Fsp3) is 0.409. The summed E-state index contributed by atoms with van der Waals surface area (Å²) in [5.74, 6) is 0.111. The van der Waals surface area contributed by atoms with Gasteiger partial charge in [0, 0.05) is 11.7 Å². The molecule has 7 heteroatoms. The molecule has 1 atom stereocenters. The molecular weight excluding hydrogens is 391 g/mol. The van der Waals surface area contributed by atoms with Gasteiger partial charge in [0.05, 0.1) is 11.3 Å². The van der Waals surface area contributed by atoms with Gasteiger partial charge in [-0.25, -0.2) is 12.8 Å². The molecule has 0 aliphatic rings. The second-order valence-corrected chi connectivity index (χ2v) is 9.41. The molecule has 0 aliphatic carbocycles. The van der Waals surface area contributed by atoms with Crippen LogP contribution in [0.25, 0.3) is 0 Å². The van der Waals surface area contributed by atoms with Crippen LogP contribution in [0.2, 0.25) is 0 Å². The lowest BCUT2D eigenvalue weighted by atomic mass is 10.0. The summed E-state index contributed by atoms with van der Waals surface area (Å²) in [5.41, 5.74) is 1.17. The van der Waals surface area contributed by atoms with Gasteiger partial charge in [-0.3, -0.25) is 9.52 Å². The number of hydrogen-bond donors (Lipinski definition) is 2. The fourth-order valence-electron chi connectivity index (χ4n) is 2.93. The summed E-state index contributed by atoms with van der Waals surface area (Å²) in [7, 11) is -3.79. The van der Waals surface area contributed by atoms with E-state index in [1.807, 2.05) is 6.92 Å². The molecular formula is C22H29FN2O3S. The van der Waals surface area contributed by atoms with Crippen LogP contribution in [-0.4, -0.2) is 20.4 Å². The summed E-state index contributed by atoms with van der Waals surface area (Å²) in [6.07, 6.45) is 3.42. The number of sulfonamides is 1. The van der Waals surface area contributed by atoms with Crippen LogP contribution < -0.4 is 10.0 Å². The van der Waals surface area contributed by atoms with Gasteiger partial charge in [-0.15, -0.1) is 0 Å². The van der Waals surface area contributed by atoms with E-state index in [1.165, 1.54) is 12.1 Å². The Kier molecular flexibility index (Phi) is 8.20. The Morgan fingerprint density at radius 2 is 1.59 bits per heavy atom. The van der Waals surface area contributed by atoms with Crippen molar-refractivity contribution < 1.29 is 17.6 Å². The van der Waals surface area contributed by atoms with Crippen molar-refractivity contribution in [1.29, 1.82) is 0 Å². The van der Waals surface area contributed by atoms with E-state index in [9.17, 15) is 17.6 Å². The molecule has 2 N–H and O–H groups in total. The normalized spacial score (nSPS) is 12.6. The highest BCUT2D eigenvalue weighted by atomic mass is 32.2. The van der Waals surface area contributed by atoms with E-state index in [0.29, 0.717) is 11.6 Å². The van der Waals surface area contributed by atoms with Gasteiger partial charge in [-0.1, -0.05) is 38.8 Å². The SMILES string of the molecule is CC(C)CCCC(C)NC(=O)Cc1ccc(NS(=O)(=O)c2ccc(F)cc2)cc1. The van der Waals surface area contributed by atoms with E-state index < -0.39 is 15.8 Å². The van der Waals surface area contributed by atoms with Gasteiger partial charge >= 0.3 is 0 Å². The summed E-state index contributed by atoms with van der Waals surface area (Å²) in [6, 6.07) is 11.4. The molecule has 29 heavy (non-hydrogen) atoms. The number of carbonyl (C=O) groups is 1. The number of carbonyl (C=O) groups excluding carboxylic acids is 1. The van der Waals surface area contributed by atoms with E-state index in [4.69, 9.17) is 0 Å². The number of rotatable bonds is 10. The molecule has 0 aliphatic heterocycles. The van der Waals surface area contributed by atoms with Crippen molar-refractivity contribution in [3.8, 4) is 0 Å². The van der Waals surface area contributed by atoms with Crippen molar-refractivity contribution in [2.45, 2.75) is 57.4 Å². The first-order valence-electron chi connectivity index (χ1n) is 9.82. The Bertz CT molecular complexity index is 895. The minimum atomic E-state index is -3.79. The first-order chi connectivity index (χ1) is 13.7. The topological polar surface area (TPSA) is 75.3 Å². The maximum Gasteiger partial charge on any atom is 0.261 e. The third-order valence-electron chi connectivity index (χ3n) is 4.52. The van der Waals surface area contributed by atoms with Crippen molar-refractivity contribution in [2.75, 3.05) is 4.72 Å². The molecule has 5 nitrogen and oxygen atoms in total. The fourth-order valence-corrected chi connectivity index (χ4v) is 3.99. The summed E-state index contributed by atoms with van der Waals surface area (Å²) >= 11 is 0. The van der Waals surface area contributed by atoms with Crippen LogP contribution in [0.1, 0.15) is 45.6 Å². The smallest absolute Gasteiger partial charge is 0.261 e. The molecule has 0 spiro atoms. The van der Waals surface area contributed by atoms with E-state index in [2.05, 4.69) is 23.9 Å². The monoisotopic (exact) mass is 420 g/mol. The molecule has 0 fully saturated rings. The first-order valence-corrected chi connectivity index (χ1v) is 11.3. The predicted octanol–water partition coefficient (Wildman–Crippen LogP) is 4.50. The molecule has 0 aromatic heterocycles. The zero-order valence-corrected chi connectivity index (χ0v) is 17.9. The average Bonchev–Trinajstić information content (AvgIpc) is 2.63. The van der Waals surface area contributed by atoms with Crippen molar-refractivity contribution in [1.82, 2.24) is 5.32 Å². The Hall–Kier alpha value is -2.41. The molecule has 2 aromatic carbocycles. The number of halogens is 1. The molecule has 0 heterocycles. The molecule has 158 valence electrons. The Morgan fingerprint density at radius 3 is 2.17 bits per heavy atom. The number of benzene rings is 2. The maximum atomic E-state index is 13.0. The molecule has 0 saturated heterocycles. The van der Waals surface area contributed by atoms with E-state index in [-0.39, 0.29) is 23.3 Å². The van der Waals surface area contributed by atoms with Crippen molar-refractivity contribution >= 4 is 21.6 Å². The molecule has 2 rings (SSSR count). The van der Waals surface area contributed by atoms with E-state index >= 15 is 0 Å². The highest BCUT2D eigenvalue weighted by Gasteiger charge is 2.14. The van der Waals surface area contributed by atoms with E-state index in [1.54, 1.807) is 24.3 Å². The molecule has 0 bridgehead atoms. The highest BCUT2D eigenvalue weighted by Crippen LogP contribution is 2.17. The third kappa shape index (κ3) is 7.85. The van der Waals surface area contributed by atoms with Gasteiger partial charge in [0.15, 0.2) is 0 Å². The van der Waals surface area contributed by atoms with Crippen LogP contribution in [-0.2, 0) is 21.2 Å². The summed E-state index contributed by atoms with van der Waals surface area (Å²) in [4.78, 5) is 12.2. The molecule has 2 aromatic rings. The van der Waals surface area contributed by atoms with Crippen LogP contribution in [0.3, 0.4) is 0 Å². The summed E-state index contributed by atoms with van der Waals surface area (Å²) in [5, 5.41) is 3.00. The zero-order valence-electron chi connectivity index (χ0n) is 17.1. The van der Waals surface area contributed by atoms with Crippen molar-refractivity contribution in [3.05, 3.63) is 59.9 Å². The zero-order chi connectivity index (χ0) is 21.4. The number of amides is 1. The highest BCUT2D eigenvalue weighted by molar-refractivity contribution is 7.92. The standard InChI is InChI=1S/C22H29FN2O3S/c1-16(2)5-4-6-17(3)24-22(26)15-18-7-11-20(12-8-18)25-29(27,28)21-13-9-19(23)10-14-21/h7-14,16-17,25H,4-6,15H2,1-3H3,(H,24,26). The number of nitrogens with one attached hydrogen (secondary N) is 2. The average molecular weight is 421 g/mol. The largest absolute Gasteiger partial charge is 0.353 e. The number of anilines is 1. The molecule has 1 unspecified atom stereocenters. The minimum Gasteiger partial charge on any atom is -0.353 e. The van der Waals surface area contributed by atoms with Crippen LogP contribution >= 0.6 is 0 Å². The lowest BCUT2D eigenvalue weighted by molar-refractivity contribution is -0.121. The lowest BCUT2D eigenvalue weighted by Crippen LogP contribution is -2.33. The van der Waals surface area contributed by atoms with E-state index in [0.717, 1.165) is 37.0 Å². The molecule has 1 amide bonds. The van der Waals surface area contributed by atoms with Gasteiger partial charge in [0.1, 0.15) is 5.82 Å². The summed E-state index contributed by atoms with van der Waals surface area (Å²) in [6.45, 7) is 6.38. The van der Waals surface area contributed by atoms with Crippen LogP contribution in [0.15, 0.2) is 53.4 Å². The number of hydrogen-bond acceptors (Lipinski definition) is 3. The van der Waals surface area contributed by atoms with Crippen LogP contribution in [0.5, 0.6) is 0 Å². The Balaban J connectivity index is 1.88. The van der Waals surface area contributed by atoms with Gasteiger partial charge in [0.2, 0.25) is 5.91 Å². The van der Waals surface area contributed by atoms with Crippen LogP contribution in [0, 0.1) is 11.7 Å². The third-order valence-corrected chi connectivity index (χ3v) is 5.92. The van der Waals surface area contributed by atoms with Gasteiger partial charge in [-0.2, -0.15) is 0 Å². The second-order valence-electron chi connectivity index (χ2n) is 7.73. The second kappa shape index (κ2) is 10.4. The first kappa shape index (κ1) is 22.9. The quantitative estimate of drug-likeness (QED) is 0.594.